The van der Waals surface area contributed by atoms with Crippen LogP contribution in [-0.4, -0.2) is 24.4 Å². The first-order chi connectivity index (χ1) is 8.66. The van der Waals surface area contributed by atoms with Gasteiger partial charge in [0.2, 0.25) is 5.91 Å². The Morgan fingerprint density at radius 1 is 1.39 bits per heavy atom. The predicted octanol–water partition coefficient (Wildman–Crippen LogP) is 1.39. The van der Waals surface area contributed by atoms with Gasteiger partial charge in [0.1, 0.15) is 6.04 Å². The minimum Gasteiger partial charge on any atom is -0.354 e. The summed E-state index contributed by atoms with van der Waals surface area (Å²) in [4.78, 5) is 23.8. The van der Waals surface area contributed by atoms with Gasteiger partial charge in [-0.25, -0.2) is 0 Å². The zero-order chi connectivity index (χ0) is 13.0. The van der Waals surface area contributed by atoms with Gasteiger partial charge >= 0.3 is 0 Å². The van der Waals surface area contributed by atoms with Crippen LogP contribution in [0.4, 0.5) is 0 Å². The van der Waals surface area contributed by atoms with Gasteiger partial charge in [0.05, 0.1) is 0 Å². The second-order valence-electron chi connectivity index (χ2n) is 4.68. The number of amides is 2. The molecule has 96 valence electrons. The molecule has 0 aromatic heterocycles. The summed E-state index contributed by atoms with van der Waals surface area (Å²) in [6.07, 6.45) is 2.64. The quantitative estimate of drug-likeness (QED) is 0.828. The van der Waals surface area contributed by atoms with Crippen LogP contribution in [0.3, 0.4) is 0 Å². The molecular formula is C14H18N2O2. The van der Waals surface area contributed by atoms with Crippen molar-refractivity contribution in [2.45, 2.75) is 32.2 Å². The van der Waals surface area contributed by atoms with Gasteiger partial charge < -0.3 is 10.6 Å². The van der Waals surface area contributed by atoms with Crippen LogP contribution in [0, 0.1) is 6.92 Å². The first-order valence-electron chi connectivity index (χ1n) is 6.32. The lowest BCUT2D eigenvalue weighted by Crippen LogP contribution is -2.45. The van der Waals surface area contributed by atoms with Gasteiger partial charge in [-0.1, -0.05) is 17.7 Å². The average Bonchev–Trinajstić information content (AvgIpc) is 2.55. The molecule has 18 heavy (non-hydrogen) atoms. The fourth-order valence-corrected chi connectivity index (χ4v) is 2.10. The van der Waals surface area contributed by atoms with Crippen molar-refractivity contribution >= 4 is 11.8 Å². The molecule has 0 bridgehead atoms. The molecule has 1 aliphatic rings. The Bertz CT molecular complexity index is 457. The number of rotatable bonds is 2. The van der Waals surface area contributed by atoms with Crippen molar-refractivity contribution in [2.24, 2.45) is 0 Å². The van der Waals surface area contributed by atoms with E-state index in [-0.39, 0.29) is 11.8 Å². The fraction of sp³-hybridized carbons (Fsp3) is 0.429. The number of hydrogen-bond acceptors (Lipinski definition) is 2. The molecule has 0 saturated carbocycles. The maximum Gasteiger partial charge on any atom is 0.251 e. The van der Waals surface area contributed by atoms with E-state index in [9.17, 15) is 9.59 Å². The lowest BCUT2D eigenvalue weighted by Gasteiger charge is -2.15. The number of carbonyl (C=O) groups excluding carboxylic acids is 2. The molecule has 1 aromatic rings. The maximum absolute atomic E-state index is 12.0. The summed E-state index contributed by atoms with van der Waals surface area (Å²) in [5, 5.41) is 5.61. The normalized spacial score (nSPS) is 19.8. The monoisotopic (exact) mass is 246 g/mol. The first-order valence-corrected chi connectivity index (χ1v) is 6.32. The molecule has 4 heteroatoms. The van der Waals surface area contributed by atoms with Crippen LogP contribution >= 0.6 is 0 Å². The van der Waals surface area contributed by atoms with Crippen LogP contribution in [-0.2, 0) is 4.79 Å². The van der Waals surface area contributed by atoms with Crippen LogP contribution in [0.25, 0.3) is 0 Å². The second-order valence-corrected chi connectivity index (χ2v) is 4.68. The zero-order valence-corrected chi connectivity index (χ0v) is 10.5. The fourth-order valence-electron chi connectivity index (χ4n) is 2.10. The van der Waals surface area contributed by atoms with Crippen molar-refractivity contribution in [1.82, 2.24) is 10.6 Å². The lowest BCUT2D eigenvalue weighted by molar-refractivity contribution is -0.122. The molecule has 2 rings (SSSR count). The molecule has 0 aliphatic carbocycles. The molecule has 1 heterocycles. The first kappa shape index (κ1) is 12.6. The van der Waals surface area contributed by atoms with E-state index in [1.807, 2.05) is 25.1 Å². The van der Waals surface area contributed by atoms with Crippen molar-refractivity contribution in [1.29, 1.82) is 0 Å². The average molecular weight is 246 g/mol. The van der Waals surface area contributed by atoms with E-state index < -0.39 is 6.04 Å². The number of aryl methyl sites for hydroxylation is 1. The molecule has 0 radical (unpaired) electrons. The van der Waals surface area contributed by atoms with Crippen molar-refractivity contribution < 1.29 is 9.59 Å². The molecule has 2 N–H and O–H groups in total. The molecule has 2 amide bonds. The highest BCUT2D eigenvalue weighted by molar-refractivity contribution is 5.97. The Balaban J connectivity index is 2.04. The van der Waals surface area contributed by atoms with Gasteiger partial charge in [-0.15, -0.1) is 0 Å². The number of benzene rings is 1. The summed E-state index contributed by atoms with van der Waals surface area (Å²) >= 11 is 0. The van der Waals surface area contributed by atoms with E-state index in [1.54, 1.807) is 6.07 Å². The van der Waals surface area contributed by atoms with Crippen molar-refractivity contribution in [3.05, 3.63) is 35.4 Å². The smallest absolute Gasteiger partial charge is 0.251 e. The Kier molecular flexibility index (Phi) is 3.97. The van der Waals surface area contributed by atoms with Crippen LogP contribution in [0.1, 0.15) is 35.2 Å². The molecule has 1 saturated heterocycles. The standard InChI is InChI=1S/C14H18N2O2/c1-10-5-4-6-11(9-10)13(17)16-12-7-2-3-8-15-14(12)18/h4-6,9,12H,2-3,7-8H2,1H3,(H,15,18)(H,16,17). The molecule has 1 aliphatic heterocycles. The highest BCUT2D eigenvalue weighted by Crippen LogP contribution is 2.08. The van der Waals surface area contributed by atoms with Gasteiger partial charge in [-0.05, 0) is 38.3 Å². The van der Waals surface area contributed by atoms with Gasteiger partial charge in [0.15, 0.2) is 0 Å². The van der Waals surface area contributed by atoms with Crippen molar-refractivity contribution in [3.8, 4) is 0 Å². The second kappa shape index (κ2) is 5.67. The van der Waals surface area contributed by atoms with Gasteiger partial charge in [-0.2, -0.15) is 0 Å². The zero-order valence-electron chi connectivity index (χ0n) is 10.5. The van der Waals surface area contributed by atoms with Crippen LogP contribution in [0.5, 0.6) is 0 Å². The minimum absolute atomic E-state index is 0.0755. The lowest BCUT2D eigenvalue weighted by atomic mass is 10.1. The predicted molar refractivity (Wildman–Crippen MR) is 69.3 cm³/mol. The van der Waals surface area contributed by atoms with Crippen molar-refractivity contribution in [3.63, 3.8) is 0 Å². The molecule has 0 spiro atoms. The van der Waals surface area contributed by atoms with E-state index in [4.69, 9.17) is 0 Å². The molecule has 1 unspecified atom stereocenters. The topological polar surface area (TPSA) is 58.2 Å². The van der Waals surface area contributed by atoms with Crippen LogP contribution in [0.15, 0.2) is 24.3 Å². The highest BCUT2D eigenvalue weighted by atomic mass is 16.2. The third-order valence-corrected chi connectivity index (χ3v) is 3.12. The van der Waals surface area contributed by atoms with Gasteiger partial charge in [0, 0.05) is 12.1 Å². The third-order valence-electron chi connectivity index (χ3n) is 3.12. The number of nitrogens with one attached hydrogen (secondary N) is 2. The van der Waals surface area contributed by atoms with E-state index in [2.05, 4.69) is 10.6 Å². The molecule has 4 nitrogen and oxygen atoms in total. The summed E-state index contributed by atoms with van der Waals surface area (Å²) in [6.45, 7) is 2.64. The molecular weight excluding hydrogens is 228 g/mol. The van der Waals surface area contributed by atoms with E-state index in [1.165, 1.54) is 0 Å². The molecule has 1 aromatic carbocycles. The number of carbonyl (C=O) groups is 2. The minimum atomic E-state index is -0.402. The van der Waals surface area contributed by atoms with Gasteiger partial charge in [-0.3, -0.25) is 9.59 Å². The Hall–Kier alpha value is -1.84. The summed E-state index contributed by atoms with van der Waals surface area (Å²) in [6, 6.07) is 6.97. The van der Waals surface area contributed by atoms with Gasteiger partial charge in [0.25, 0.3) is 5.91 Å². The SMILES string of the molecule is Cc1cccc(C(=O)NC2CCCCNC2=O)c1. The number of hydrogen-bond donors (Lipinski definition) is 2. The van der Waals surface area contributed by atoms with Crippen LogP contribution < -0.4 is 10.6 Å². The Morgan fingerprint density at radius 3 is 3.00 bits per heavy atom. The van der Waals surface area contributed by atoms with Crippen LogP contribution in [0.2, 0.25) is 0 Å². The van der Waals surface area contributed by atoms with Crippen molar-refractivity contribution in [2.75, 3.05) is 6.54 Å². The Morgan fingerprint density at radius 2 is 2.22 bits per heavy atom. The third kappa shape index (κ3) is 3.09. The molecule has 1 fully saturated rings. The van der Waals surface area contributed by atoms with E-state index in [0.29, 0.717) is 18.5 Å². The maximum atomic E-state index is 12.0. The Labute approximate surface area is 107 Å². The van der Waals surface area contributed by atoms with E-state index >= 15 is 0 Å². The largest absolute Gasteiger partial charge is 0.354 e. The summed E-state index contributed by atoms with van der Waals surface area (Å²) < 4.78 is 0. The summed E-state index contributed by atoms with van der Waals surface area (Å²) in [5.74, 6) is -0.255. The molecule has 1 atom stereocenters. The van der Waals surface area contributed by atoms with E-state index in [0.717, 1.165) is 18.4 Å². The summed E-state index contributed by atoms with van der Waals surface area (Å²) in [5.41, 5.74) is 1.64. The highest BCUT2D eigenvalue weighted by Gasteiger charge is 2.22. The summed E-state index contributed by atoms with van der Waals surface area (Å²) in [7, 11) is 0.